The Morgan fingerprint density at radius 1 is 0.541 bits per heavy atom. The van der Waals surface area contributed by atoms with Crippen molar-refractivity contribution in [2.45, 2.75) is 38.9 Å². The standard InChI is InChI=1S/C32H23F2N5O4S.C24H28BFN2O6S.C14H7ClFN3/c1-35-32(40)29-21-13-20(26(38(2)44(3,41)42)15-28(21)43-31(29)17-7-9-18(33)10-8-17)23-11-12-24-30(37-23)27-14-19-22(34)5-4-6-25(19)39(27)16-36-24;1-23(2)24(3,4)34-25(33-23)17-12-16-19(13-18(17)28(6)35(7,30)31)32-21(20(16)22(29)27-5)14-8-10-15(26)11-9-14;15-13-5-4-10-14(18-13)12-6-8-9(16)2-1-3-11(8)19(12)7-17-10/h4-16H,1-3H3,(H,35,40);8-13H,1-7H3,(H,27,29);1-7H. The maximum atomic E-state index is 14.7. The van der Waals surface area contributed by atoms with Crippen molar-refractivity contribution in [2.24, 2.45) is 0 Å². The quantitative estimate of drug-likeness (QED) is 0.0736. The number of carbonyl (C=O) groups excluding carboxylic acids is 2. The van der Waals surface area contributed by atoms with E-state index < -0.39 is 61.8 Å². The van der Waals surface area contributed by atoms with Gasteiger partial charge >= 0.3 is 7.12 Å². The topological polar surface area (TPSA) is 238 Å². The number of nitrogens with zero attached hydrogens (tertiary/aromatic N) is 8. The number of fused-ring (bicyclic) bond motifs is 12. The number of sulfonamides is 2. The van der Waals surface area contributed by atoms with Gasteiger partial charge in [0.15, 0.2) is 0 Å². The van der Waals surface area contributed by atoms with Crippen LogP contribution in [0.2, 0.25) is 5.15 Å². The fraction of sp³-hybridized carbons (Fsp3) is 0.171. The summed E-state index contributed by atoms with van der Waals surface area (Å²) < 4.78 is 137. The Morgan fingerprint density at radius 3 is 1.45 bits per heavy atom. The average Bonchev–Trinajstić information content (AvgIpc) is 1.55. The van der Waals surface area contributed by atoms with Gasteiger partial charge in [-0.25, -0.2) is 54.3 Å². The number of pyridine rings is 2. The minimum absolute atomic E-state index is 0.196. The van der Waals surface area contributed by atoms with Crippen molar-refractivity contribution in [3.8, 4) is 33.9 Å². The van der Waals surface area contributed by atoms with Gasteiger partial charge < -0.3 is 28.8 Å². The molecule has 0 atom stereocenters. The first-order chi connectivity index (χ1) is 46.4. The first-order valence-electron chi connectivity index (χ1n) is 30.2. The Bertz CT molecular complexity index is 5860. The first-order valence-corrected chi connectivity index (χ1v) is 34.3. The van der Waals surface area contributed by atoms with Crippen LogP contribution in [0.4, 0.5) is 28.9 Å². The highest BCUT2D eigenvalue weighted by atomic mass is 35.5. The summed E-state index contributed by atoms with van der Waals surface area (Å²) in [6.07, 6.45) is 5.45. The smallest absolute Gasteiger partial charge is 0.455 e. The van der Waals surface area contributed by atoms with Gasteiger partial charge in [-0.1, -0.05) is 23.7 Å². The molecule has 1 saturated heterocycles. The van der Waals surface area contributed by atoms with E-state index in [-0.39, 0.29) is 51.1 Å². The molecular formula is C70H58BClF4N10O10S2. The predicted molar refractivity (Wildman–Crippen MR) is 372 cm³/mol. The van der Waals surface area contributed by atoms with Crippen molar-refractivity contribution in [1.29, 1.82) is 0 Å². The fourth-order valence-electron chi connectivity index (χ4n) is 11.7. The van der Waals surface area contributed by atoms with Gasteiger partial charge in [-0.2, -0.15) is 0 Å². The summed E-state index contributed by atoms with van der Waals surface area (Å²) in [5, 5.41) is 7.45. The zero-order valence-corrected chi connectivity index (χ0v) is 56.3. The number of halogens is 5. The van der Waals surface area contributed by atoms with E-state index in [2.05, 4.69) is 25.6 Å². The molecule has 15 rings (SSSR count). The summed E-state index contributed by atoms with van der Waals surface area (Å²) in [7, 11) is -2.49. The number of nitrogens with one attached hydrogen (secondary N) is 2. The SMILES string of the molecule is CNC(=O)c1c(-c2ccc(F)cc2)oc2cc(N(C)S(C)(=O)=O)c(-c3ccc4ncn5c6cccc(F)c6cc5c4n3)cc12.CNC(=O)c1c(-c2ccc(F)cc2)oc2cc(N(C)S(C)(=O)=O)c(B3OC(C)(C)C(C)(C)O3)cc12.Fc1cccc2c1cc1c3nc(Cl)ccc3ncn21. The summed E-state index contributed by atoms with van der Waals surface area (Å²) in [5.74, 6) is -1.93. The molecule has 20 nitrogen and oxygen atoms in total. The van der Waals surface area contributed by atoms with Crippen molar-refractivity contribution in [3.05, 3.63) is 198 Å². The summed E-state index contributed by atoms with van der Waals surface area (Å²) in [5.41, 5.74) is 7.58. The van der Waals surface area contributed by atoms with Crippen LogP contribution in [0.3, 0.4) is 0 Å². The summed E-state index contributed by atoms with van der Waals surface area (Å²) in [4.78, 5) is 44.2. The minimum Gasteiger partial charge on any atom is -0.455 e. The van der Waals surface area contributed by atoms with E-state index in [0.29, 0.717) is 87.8 Å². The van der Waals surface area contributed by atoms with Crippen molar-refractivity contribution >= 4 is 144 Å². The number of furan rings is 2. The Kier molecular flexibility index (Phi) is 16.6. The highest BCUT2D eigenvalue weighted by Crippen LogP contribution is 2.44. The molecule has 0 bridgehead atoms. The fourth-order valence-corrected chi connectivity index (χ4v) is 12.9. The summed E-state index contributed by atoms with van der Waals surface area (Å²) >= 11 is 5.93. The molecule has 0 saturated carbocycles. The Balaban J connectivity index is 0.000000142. The summed E-state index contributed by atoms with van der Waals surface area (Å²) in [6, 6.07) is 37.7. The van der Waals surface area contributed by atoms with Crippen LogP contribution in [0, 0.1) is 23.3 Å². The first kappa shape index (κ1) is 66.2. The molecule has 2 amide bonds. The van der Waals surface area contributed by atoms with Crippen LogP contribution in [0.5, 0.6) is 0 Å². The third kappa shape index (κ3) is 11.7. The normalized spacial score (nSPS) is 13.8. The Hall–Kier alpha value is -10.4. The number of rotatable bonds is 10. The number of benzene rings is 6. The van der Waals surface area contributed by atoms with E-state index in [1.54, 1.807) is 89.9 Å². The number of aromatic nitrogens is 6. The van der Waals surface area contributed by atoms with Gasteiger partial charge in [0.25, 0.3) is 11.8 Å². The van der Waals surface area contributed by atoms with Crippen molar-refractivity contribution < 1.29 is 62.1 Å². The van der Waals surface area contributed by atoms with Gasteiger partial charge in [0.2, 0.25) is 20.0 Å². The number of amides is 2. The molecule has 6 aromatic carbocycles. The maximum Gasteiger partial charge on any atom is 0.497 e. The van der Waals surface area contributed by atoms with Crippen LogP contribution < -0.4 is 24.7 Å². The second-order valence-electron chi connectivity index (χ2n) is 24.3. The van der Waals surface area contributed by atoms with Gasteiger partial charge in [-0.15, -0.1) is 0 Å². The lowest BCUT2D eigenvalue weighted by Gasteiger charge is -2.32. The Labute approximate surface area is 562 Å². The minimum atomic E-state index is -3.75. The molecule has 0 spiro atoms. The molecule has 1 fully saturated rings. The zero-order valence-electron chi connectivity index (χ0n) is 54.0. The lowest BCUT2D eigenvalue weighted by molar-refractivity contribution is 0.00578. The molecular weight excluding hydrogens is 1330 g/mol. The maximum absolute atomic E-state index is 14.7. The van der Waals surface area contributed by atoms with E-state index >= 15 is 0 Å². The van der Waals surface area contributed by atoms with Crippen LogP contribution in [-0.2, 0) is 29.4 Å². The molecule has 2 N–H and O–H groups in total. The average molecular weight is 1390 g/mol. The van der Waals surface area contributed by atoms with Crippen LogP contribution in [0.1, 0.15) is 48.4 Å². The van der Waals surface area contributed by atoms with E-state index in [1.807, 2.05) is 38.2 Å². The van der Waals surface area contributed by atoms with Gasteiger partial charge in [-0.05, 0) is 149 Å². The second kappa shape index (κ2) is 24.6. The zero-order chi connectivity index (χ0) is 69.8. The van der Waals surface area contributed by atoms with Crippen molar-refractivity contribution in [3.63, 3.8) is 0 Å². The van der Waals surface area contributed by atoms with Crippen LogP contribution >= 0.6 is 11.6 Å². The van der Waals surface area contributed by atoms with E-state index in [1.165, 1.54) is 94.9 Å². The molecule has 0 radical (unpaired) electrons. The van der Waals surface area contributed by atoms with Gasteiger partial charge in [0, 0.05) is 84.0 Å². The molecule has 498 valence electrons. The number of hydrogen-bond acceptors (Lipinski definition) is 14. The number of hydrogen-bond donors (Lipinski definition) is 2. The molecule has 1 aliphatic heterocycles. The lowest BCUT2D eigenvalue weighted by Crippen LogP contribution is -2.41. The highest BCUT2D eigenvalue weighted by molar-refractivity contribution is 7.92. The third-order valence-corrected chi connectivity index (χ3v) is 20.3. The van der Waals surface area contributed by atoms with Crippen molar-refractivity contribution in [2.75, 3.05) is 49.3 Å². The van der Waals surface area contributed by atoms with Gasteiger partial charge in [0.05, 0.1) is 85.0 Å². The number of carbonyl (C=O) groups is 2. The molecule has 14 aromatic rings. The van der Waals surface area contributed by atoms with Gasteiger partial charge in [0.1, 0.15) is 74.8 Å². The van der Waals surface area contributed by atoms with E-state index in [9.17, 15) is 44.0 Å². The second-order valence-corrected chi connectivity index (χ2v) is 28.7. The summed E-state index contributed by atoms with van der Waals surface area (Å²) in [6.45, 7) is 7.58. The molecule has 1 aliphatic rings. The van der Waals surface area contributed by atoms with Gasteiger partial charge in [-0.3, -0.25) is 27.0 Å². The van der Waals surface area contributed by atoms with Crippen LogP contribution in [0.15, 0.2) is 167 Å². The van der Waals surface area contributed by atoms with Crippen molar-refractivity contribution in [1.82, 2.24) is 39.4 Å². The number of anilines is 2. The Morgan fingerprint density at radius 2 is 0.980 bits per heavy atom. The molecule has 9 heterocycles. The molecule has 0 unspecified atom stereocenters. The van der Waals surface area contributed by atoms with Crippen LogP contribution in [-0.4, -0.2) is 116 Å². The highest BCUT2D eigenvalue weighted by Gasteiger charge is 2.53. The lowest BCUT2D eigenvalue weighted by atomic mass is 9.77. The third-order valence-electron chi connectivity index (χ3n) is 17.7. The van der Waals surface area contributed by atoms with Crippen LogP contribution in [0.25, 0.3) is 111 Å². The molecule has 0 aliphatic carbocycles. The van der Waals surface area contributed by atoms with E-state index in [4.69, 9.17) is 34.7 Å². The monoisotopic (exact) mass is 1380 g/mol. The molecule has 28 heteroatoms. The van der Waals surface area contributed by atoms with E-state index in [0.717, 1.165) is 37.7 Å². The molecule has 8 aromatic heterocycles. The predicted octanol–water partition coefficient (Wildman–Crippen LogP) is 13.3. The molecule has 98 heavy (non-hydrogen) atoms. The largest absolute Gasteiger partial charge is 0.497 e.